The quantitative estimate of drug-likeness (QED) is 0.391. The average Bonchev–Trinajstić information content (AvgIpc) is 3.58. The Bertz CT molecular complexity index is 1310. The second kappa shape index (κ2) is 10.1. The van der Waals surface area contributed by atoms with Crippen molar-refractivity contribution in [1.82, 2.24) is 0 Å². The van der Waals surface area contributed by atoms with Gasteiger partial charge in [0, 0.05) is 29.1 Å². The standard InChI is InChI=1S/C24H27NO2SSi.C5H5.Co/c1-29(2,3)24-19-14-9-10-17(19)16-22-23(24)20-13-7-8-15-21(20)25(22)28(26,27)18-11-5-4-6-12-18;1-2-4-5-3-1;/h4-8,11-13,15-16,22-23H,9-10,14H2,1-3H3;1-5H;/t22-,23-;;/m0../s1. The number of sulfonamides is 1. The zero-order valence-corrected chi connectivity index (χ0v) is 23.3. The zero-order chi connectivity index (χ0) is 23.9. The third-order valence-electron chi connectivity index (χ3n) is 7.05. The van der Waals surface area contributed by atoms with Crippen LogP contribution in [0.25, 0.3) is 0 Å². The van der Waals surface area contributed by atoms with Gasteiger partial charge in [0.05, 0.1) is 24.7 Å². The van der Waals surface area contributed by atoms with E-state index in [0.29, 0.717) is 4.90 Å². The molecule has 6 rings (SSSR count). The molecule has 3 nitrogen and oxygen atoms in total. The van der Waals surface area contributed by atoms with Crippen LogP contribution in [0.3, 0.4) is 0 Å². The summed E-state index contributed by atoms with van der Waals surface area (Å²) in [6.45, 7) is 7.22. The first kappa shape index (κ1) is 26.0. The molecule has 0 amide bonds. The van der Waals surface area contributed by atoms with Crippen LogP contribution in [0.15, 0.2) is 106 Å². The first-order valence-corrected chi connectivity index (χ1v) is 17.0. The van der Waals surface area contributed by atoms with Crippen LogP contribution in [0.4, 0.5) is 5.69 Å². The smallest absolute Gasteiger partial charge is 0.258 e. The van der Waals surface area contributed by atoms with Gasteiger partial charge in [-0.15, -0.1) is 0 Å². The van der Waals surface area contributed by atoms with Gasteiger partial charge < -0.3 is 0 Å². The molecule has 0 spiro atoms. The summed E-state index contributed by atoms with van der Waals surface area (Å²) in [6.07, 6.45) is 15.7. The van der Waals surface area contributed by atoms with E-state index >= 15 is 0 Å². The molecule has 184 valence electrons. The summed E-state index contributed by atoms with van der Waals surface area (Å²) in [5, 5.41) is 1.57. The minimum atomic E-state index is -3.64. The van der Waals surface area contributed by atoms with Crippen molar-refractivity contribution in [2.75, 3.05) is 4.31 Å². The predicted octanol–water partition coefficient (Wildman–Crippen LogP) is 6.96. The SMILES string of the molecule is C[Si](C)(C)C1=C2CCCC2=C[C@H]2[C@@H]1c1ccccc1N2S(=O)(=O)c1ccccc1.[CH]1C=CC=C1.[Co]. The molecule has 0 saturated heterocycles. The van der Waals surface area contributed by atoms with Crippen molar-refractivity contribution in [2.24, 2.45) is 0 Å². The average molecular weight is 546 g/mol. The van der Waals surface area contributed by atoms with Gasteiger partial charge in [0.2, 0.25) is 0 Å². The van der Waals surface area contributed by atoms with Crippen molar-refractivity contribution < 1.29 is 25.2 Å². The Balaban J connectivity index is 0.000000431. The van der Waals surface area contributed by atoms with Crippen LogP contribution >= 0.6 is 0 Å². The first-order chi connectivity index (χ1) is 16.3. The van der Waals surface area contributed by atoms with Gasteiger partial charge in [-0.2, -0.15) is 0 Å². The normalized spacial score (nSPS) is 22.0. The molecule has 4 aliphatic rings. The summed E-state index contributed by atoms with van der Waals surface area (Å²) in [5.41, 5.74) is 4.95. The molecule has 2 atom stereocenters. The maximum Gasteiger partial charge on any atom is 0.264 e. The van der Waals surface area contributed by atoms with Crippen LogP contribution in [0, 0.1) is 6.42 Å². The van der Waals surface area contributed by atoms with E-state index in [0.717, 1.165) is 18.5 Å². The fourth-order valence-electron chi connectivity index (χ4n) is 5.81. The molecule has 0 bridgehead atoms. The Morgan fingerprint density at radius 3 is 2.14 bits per heavy atom. The van der Waals surface area contributed by atoms with Crippen molar-refractivity contribution in [3.8, 4) is 0 Å². The van der Waals surface area contributed by atoms with Crippen LogP contribution in [0.2, 0.25) is 19.6 Å². The predicted molar refractivity (Wildman–Crippen MR) is 144 cm³/mol. The van der Waals surface area contributed by atoms with Gasteiger partial charge >= 0.3 is 0 Å². The molecular weight excluding hydrogens is 513 g/mol. The van der Waals surface area contributed by atoms with Crippen LogP contribution in [0.5, 0.6) is 0 Å². The molecule has 1 aliphatic heterocycles. The number of para-hydroxylation sites is 1. The maximum atomic E-state index is 13.8. The summed E-state index contributed by atoms with van der Waals surface area (Å²) in [7, 11) is -5.29. The third-order valence-corrected chi connectivity index (χ3v) is 11.1. The van der Waals surface area contributed by atoms with Gasteiger partial charge in [-0.1, -0.05) is 91.6 Å². The molecular formula is C29H32CoNO2SSi. The second-order valence-electron chi connectivity index (χ2n) is 10.3. The van der Waals surface area contributed by atoms with Gasteiger partial charge in [0.1, 0.15) is 0 Å². The van der Waals surface area contributed by atoms with Crippen molar-refractivity contribution in [3.05, 3.63) is 113 Å². The van der Waals surface area contributed by atoms with Crippen LogP contribution in [-0.2, 0) is 26.8 Å². The van der Waals surface area contributed by atoms with Gasteiger partial charge in [-0.05, 0) is 54.2 Å². The van der Waals surface area contributed by atoms with E-state index in [2.05, 4.69) is 37.8 Å². The minimum absolute atomic E-state index is 0. The summed E-state index contributed by atoms with van der Waals surface area (Å²) in [5.74, 6) is 0.146. The summed E-state index contributed by atoms with van der Waals surface area (Å²) < 4.78 is 29.3. The van der Waals surface area contributed by atoms with Gasteiger partial charge in [0.15, 0.2) is 0 Å². The monoisotopic (exact) mass is 545 g/mol. The Morgan fingerprint density at radius 2 is 1.51 bits per heavy atom. The molecule has 1 heterocycles. The van der Waals surface area contributed by atoms with E-state index in [1.54, 1.807) is 39.3 Å². The number of allylic oxidation sites excluding steroid dienone is 6. The zero-order valence-electron chi connectivity index (χ0n) is 20.4. The number of hydrogen-bond acceptors (Lipinski definition) is 2. The van der Waals surface area contributed by atoms with E-state index in [-0.39, 0.29) is 28.7 Å². The summed E-state index contributed by atoms with van der Waals surface area (Å²) in [4.78, 5) is 0.365. The molecule has 0 N–H and O–H groups in total. The molecule has 0 aromatic heterocycles. The van der Waals surface area contributed by atoms with Crippen molar-refractivity contribution in [1.29, 1.82) is 0 Å². The van der Waals surface area contributed by atoms with Crippen molar-refractivity contribution in [2.45, 2.75) is 55.8 Å². The molecule has 1 fully saturated rings. The Labute approximate surface area is 221 Å². The van der Waals surface area contributed by atoms with Crippen LogP contribution in [0.1, 0.15) is 30.7 Å². The number of anilines is 1. The van der Waals surface area contributed by atoms with E-state index in [1.807, 2.05) is 48.9 Å². The number of rotatable bonds is 3. The fraction of sp³-hybridized carbons (Fsp3) is 0.276. The molecule has 1 saturated carbocycles. The van der Waals surface area contributed by atoms with E-state index in [4.69, 9.17) is 0 Å². The van der Waals surface area contributed by atoms with E-state index in [9.17, 15) is 8.42 Å². The number of hydrogen-bond donors (Lipinski definition) is 0. The van der Waals surface area contributed by atoms with Gasteiger partial charge in [-0.25, -0.2) is 8.42 Å². The second-order valence-corrected chi connectivity index (χ2v) is 17.1. The Hall–Kier alpha value is -2.13. The third kappa shape index (κ3) is 4.69. The van der Waals surface area contributed by atoms with Gasteiger partial charge in [0.25, 0.3) is 10.0 Å². The molecule has 2 aromatic rings. The molecule has 3 aliphatic carbocycles. The topological polar surface area (TPSA) is 37.4 Å². The molecule has 6 heteroatoms. The molecule has 0 unspecified atom stereocenters. The van der Waals surface area contributed by atoms with Crippen molar-refractivity contribution in [3.63, 3.8) is 0 Å². The van der Waals surface area contributed by atoms with Crippen LogP contribution in [-0.4, -0.2) is 22.5 Å². The molecule has 35 heavy (non-hydrogen) atoms. The number of fused-ring (bicyclic) bond motifs is 4. The van der Waals surface area contributed by atoms with Gasteiger partial charge in [-0.3, -0.25) is 4.31 Å². The maximum absolute atomic E-state index is 13.8. The largest absolute Gasteiger partial charge is 0.264 e. The van der Waals surface area contributed by atoms with E-state index < -0.39 is 18.1 Å². The minimum Gasteiger partial charge on any atom is -0.258 e. The van der Waals surface area contributed by atoms with Crippen LogP contribution < -0.4 is 4.31 Å². The number of nitrogens with zero attached hydrogens (tertiary/aromatic N) is 1. The molecule has 2 aromatic carbocycles. The summed E-state index contributed by atoms with van der Waals surface area (Å²) >= 11 is 0. The fourth-order valence-corrected chi connectivity index (χ4v) is 9.92. The van der Waals surface area contributed by atoms with Crippen molar-refractivity contribution >= 4 is 23.8 Å². The Kier molecular flexibility index (Phi) is 7.48. The molecule has 2 radical (unpaired) electrons. The first-order valence-electron chi connectivity index (χ1n) is 12.1. The van der Waals surface area contributed by atoms with E-state index in [1.165, 1.54) is 17.6 Å². The number of benzene rings is 2. The summed E-state index contributed by atoms with van der Waals surface area (Å²) in [6, 6.07) is 16.8. The Morgan fingerprint density at radius 1 is 0.857 bits per heavy atom.